The van der Waals surface area contributed by atoms with Crippen molar-refractivity contribution in [2.24, 2.45) is 5.73 Å². The number of aromatic nitrogens is 1. The van der Waals surface area contributed by atoms with Gasteiger partial charge < -0.3 is 30.6 Å². The second-order valence-electron chi connectivity index (χ2n) is 7.29. The fourth-order valence-electron chi connectivity index (χ4n) is 3.40. The van der Waals surface area contributed by atoms with Gasteiger partial charge in [-0.2, -0.15) is 0 Å². The van der Waals surface area contributed by atoms with Gasteiger partial charge in [0.25, 0.3) is 5.91 Å². The standard InChI is InChI=1S/C24H25N3O4/c25-24(29)22-13-20-21(27-22)6-3-7-23(20)31-15-18(28)14-26-10-11-30-19-9-8-16-4-1-2-5-17(16)12-19/h1-9,12-13,18,26-28H,10-11,14-15H2,(H2,25,29). The lowest BCUT2D eigenvalue weighted by atomic mass is 10.1. The van der Waals surface area contributed by atoms with E-state index in [0.29, 0.717) is 31.1 Å². The minimum absolute atomic E-state index is 0.120. The highest BCUT2D eigenvalue weighted by Gasteiger charge is 2.11. The van der Waals surface area contributed by atoms with Crippen molar-refractivity contribution < 1.29 is 19.4 Å². The molecule has 3 aromatic carbocycles. The summed E-state index contributed by atoms with van der Waals surface area (Å²) in [5.74, 6) is 0.872. The number of aromatic amines is 1. The van der Waals surface area contributed by atoms with Crippen LogP contribution in [0.25, 0.3) is 21.7 Å². The zero-order valence-electron chi connectivity index (χ0n) is 17.0. The zero-order valence-corrected chi connectivity index (χ0v) is 17.0. The van der Waals surface area contributed by atoms with Crippen LogP contribution >= 0.6 is 0 Å². The molecule has 0 aliphatic heterocycles. The fraction of sp³-hybridized carbons (Fsp3) is 0.208. The Labute approximate surface area is 179 Å². The van der Waals surface area contributed by atoms with E-state index in [1.54, 1.807) is 12.1 Å². The van der Waals surface area contributed by atoms with E-state index in [-0.39, 0.29) is 6.61 Å². The van der Waals surface area contributed by atoms with Crippen molar-refractivity contribution >= 4 is 27.6 Å². The molecule has 4 rings (SSSR count). The van der Waals surface area contributed by atoms with Crippen LogP contribution in [0.4, 0.5) is 0 Å². The number of nitrogens with one attached hydrogen (secondary N) is 2. The van der Waals surface area contributed by atoms with E-state index < -0.39 is 12.0 Å². The first-order valence-corrected chi connectivity index (χ1v) is 10.1. The minimum Gasteiger partial charge on any atom is -0.492 e. The van der Waals surface area contributed by atoms with Crippen LogP contribution in [0.1, 0.15) is 10.5 Å². The smallest absolute Gasteiger partial charge is 0.265 e. The molecular formula is C24H25N3O4. The van der Waals surface area contributed by atoms with Crippen LogP contribution in [0.15, 0.2) is 66.7 Å². The Balaban J connectivity index is 1.20. The van der Waals surface area contributed by atoms with Gasteiger partial charge in [-0.25, -0.2) is 0 Å². The Kier molecular flexibility index (Phi) is 6.35. The number of primary amides is 1. The monoisotopic (exact) mass is 419 g/mol. The van der Waals surface area contributed by atoms with Crippen molar-refractivity contribution in [3.05, 3.63) is 72.4 Å². The Bertz CT molecular complexity index is 1190. The van der Waals surface area contributed by atoms with Gasteiger partial charge in [-0.3, -0.25) is 4.79 Å². The Morgan fingerprint density at radius 1 is 1.03 bits per heavy atom. The maximum absolute atomic E-state index is 11.4. The quantitative estimate of drug-likeness (QED) is 0.296. The summed E-state index contributed by atoms with van der Waals surface area (Å²) in [4.78, 5) is 14.3. The van der Waals surface area contributed by atoms with Crippen molar-refractivity contribution in [1.82, 2.24) is 10.3 Å². The third-order valence-corrected chi connectivity index (χ3v) is 4.97. The van der Waals surface area contributed by atoms with E-state index in [2.05, 4.69) is 22.4 Å². The van der Waals surface area contributed by atoms with E-state index in [1.807, 2.05) is 42.5 Å². The van der Waals surface area contributed by atoms with Crippen molar-refractivity contribution in [2.45, 2.75) is 6.10 Å². The van der Waals surface area contributed by atoms with Gasteiger partial charge in [0.05, 0.1) is 0 Å². The lowest BCUT2D eigenvalue weighted by Gasteiger charge is -2.14. The first-order valence-electron chi connectivity index (χ1n) is 10.1. The largest absolute Gasteiger partial charge is 0.492 e. The summed E-state index contributed by atoms with van der Waals surface area (Å²) in [5, 5.41) is 16.4. The molecule has 0 bridgehead atoms. The number of carbonyl (C=O) groups excluding carboxylic acids is 1. The Morgan fingerprint density at radius 2 is 1.87 bits per heavy atom. The summed E-state index contributed by atoms with van der Waals surface area (Å²) in [6.07, 6.45) is -0.689. The number of aliphatic hydroxyl groups excluding tert-OH is 1. The van der Waals surface area contributed by atoms with E-state index in [9.17, 15) is 9.90 Å². The number of H-pyrrole nitrogens is 1. The summed E-state index contributed by atoms with van der Waals surface area (Å²) in [6.45, 7) is 1.58. The molecule has 0 radical (unpaired) electrons. The third-order valence-electron chi connectivity index (χ3n) is 4.97. The lowest BCUT2D eigenvalue weighted by Crippen LogP contribution is -2.33. The SMILES string of the molecule is NC(=O)c1cc2c(OCC(O)CNCCOc3ccc4ccccc4c3)cccc2[nH]1. The Morgan fingerprint density at radius 3 is 2.71 bits per heavy atom. The Hall–Kier alpha value is -3.55. The molecule has 7 nitrogen and oxygen atoms in total. The third kappa shape index (κ3) is 5.14. The minimum atomic E-state index is -0.689. The molecule has 31 heavy (non-hydrogen) atoms. The first-order chi connectivity index (χ1) is 15.1. The molecule has 0 aliphatic rings. The van der Waals surface area contributed by atoms with Crippen molar-refractivity contribution in [2.75, 3.05) is 26.3 Å². The maximum atomic E-state index is 11.4. The average Bonchev–Trinajstić information content (AvgIpc) is 3.23. The van der Waals surface area contributed by atoms with Crippen LogP contribution in [-0.2, 0) is 0 Å². The molecule has 0 spiro atoms. The van der Waals surface area contributed by atoms with Crippen molar-refractivity contribution in [1.29, 1.82) is 0 Å². The predicted octanol–water partition coefficient (Wildman–Crippen LogP) is 2.83. The molecule has 7 heteroatoms. The van der Waals surface area contributed by atoms with Gasteiger partial charge in [0.2, 0.25) is 0 Å². The van der Waals surface area contributed by atoms with E-state index in [4.69, 9.17) is 15.2 Å². The highest BCUT2D eigenvalue weighted by molar-refractivity contribution is 5.98. The molecule has 0 saturated carbocycles. The van der Waals surface area contributed by atoms with Gasteiger partial charge in [-0.15, -0.1) is 0 Å². The second kappa shape index (κ2) is 9.51. The lowest BCUT2D eigenvalue weighted by molar-refractivity contribution is 0.0996. The average molecular weight is 419 g/mol. The summed E-state index contributed by atoms with van der Waals surface area (Å²) < 4.78 is 11.5. The van der Waals surface area contributed by atoms with Crippen LogP contribution in [0.5, 0.6) is 11.5 Å². The molecule has 5 N–H and O–H groups in total. The highest BCUT2D eigenvalue weighted by atomic mass is 16.5. The molecule has 1 atom stereocenters. The van der Waals surface area contributed by atoms with Crippen LogP contribution in [0.2, 0.25) is 0 Å². The van der Waals surface area contributed by atoms with Gasteiger partial charge in [0, 0.05) is 24.0 Å². The molecule has 0 fully saturated rings. The van der Waals surface area contributed by atoms with E-state index in [1.165, 1.54) is 5.39 Å². The van der Waals surface area contributed by atoms with Gasteiger partial charge >= 0.3 is 0 Å². The number of carbonyl (C=O) groups is 1. The van der Waals surface area contributed by atoms with Crippen LogP contribution in [0.3, 0.4) is 0 Å². The number of hydrogen-bond donors (Lipinski definition) is 4. The van der Waals surface area contributed by atoms with Crippen molar-refractivity contribution in [3.63, 3.8) is 0 Å². The topological polar surface area (TPSA) is 110 Å². The number of fused-ring (bicyclic) bond motifs is 2. The number of benzene rings is 3. The summed E-state index contributed by atoms with van der Waals surface area (Å²) in [6, 6.07) is 21.2. The van der Waals surface area contributed by atoms with Crippen LogP contribution in [0, 0.1) is 0 Å². The van der Waals surface area contributed by atoms with E-state index in [0.717, 1.165) is 22.0 Å². The maximum Gasteiger partial charge on any atom is 0.265 e. The number of rotatable bonds is 10. The number of nitrogens with two attached hydrogens (primary N) is 1. The molecule has 1 aromatic heterocycles. The molecule has 0 aliphatic carbocycles. The zero-order chi connectivity index (χ0) is 21.6. The summed E-state index contributed by atoms with van der Waals surface area (Å²) >= 11 is 0. The number of hydrogen-bond acceptors (Lipinski definition) is 5. The van der Waals surface area contributed by atoms with Crippen LogP contribution < -0.4 is 20.5 Å². The number of amides is 1. The van der Waals surface area contributed by atoms with Gasteiger partial charge in [-0.1, -0.05) is 36.4 Å². The molecule has 1 unspecified atom stereocenters. The molecule has 0 saturated heterocycles. The molecule has 1 amide bonds. The van der Waals surface area contributed by atoms with Crippen LogP contribution in [-0.4, -0.2) is 48.4 Å². The summed E-state index contributed by atoms with van der Waals surface area (Å²) in [5.41, 5.74) is 6.39. The van der Waals surface area contributed by atoms with Gasteiger partial charge in [0.1, 0.15) is 36.5 Å². The summed E-state index contributed by atoms with van der Waals surface area (Å²) in [7, 11) is 0. The normalized spacial score (nSPS) is 12.2. The molecular weight excluding hydrogens is 394 g/mol. The van der Waals surface area contributed by atoms with E-state index >= 15 is 0 Å². The first kappa shape index (κ1) is 20.7. The predicted molar refractivity (Wildman–Crippen MR) is 121 cm³/mol. The van der Waals surface area contributed by atoms with Crippen molar-refractivity contribution in [3.8, 4) is 11.5 Å². The number of aliphatic hydroxyl groups is 1. The highest BCUT2D eigenvalue weighted by Crippen LogP contribution is 2.26. The molecule has 160 valence electrons. The second-order valence-corrected chi connectivity index (χ2v) is 7.29. The number of ether oxygens (including phenoxy) is 2. The fourth-order valence-corrected chi connectivity index (χ4v) is 3.40. The van der Waals surface area contributed by atoms with Gasteiger partial charge in [-0.05, 0) is 41.1 Å². The van der Waals surface area contributed by atoms with Gasteiger partial charge in [0.15, 0.2) is 0 Å². The molecule has 1 heterocycles. The molecule has 4 aromatic rings.